The number of nitrogens with zero attached hydrogens (tertiary/aromatic N) is 2. The Balaban J connectivity index is 1.77. The van der Waals surface area contributed by atoms with Gasteiger partial charge in [0.25, 0.3) is 5.91 Å². The highest BCUT2D eigenvalue weighted by atomic mass is 35.5. The molecular weight excluding hydrogens is 492 g/mol. The summed E-state index contributed by atoms with van der Waals surface area (Å²) in [7, 11) is -3.51. The van der Waals surface area contributed by atoms with E-state index in [1.54, 1.807) is 6.07 Å². The van der Waals surface area contributed by atoms with Crippen LogP contribution in [0.15, 0.2) is 36.7 Å². The summed E-state index contributed by atoms with van der Waals surface area (Å²) in [6.45, 7) is 3.20. The maximum atomic E-state index is 12.8. The summed E-state index contributed by atoms with van der Waals surface area (Å²) < 4.78 is 30.4. The number of aromatic nitrogens is 2. The van der Waals surface area contributed by atoms with Crippen LogP contribution in [0.3, 0.4) is 0 Å². The molecule has 13 heteroatoms. The maximum absolute atomic E-state index is 12.8. The molecule has 0 aliphatic carbocycles. The average molecular weight is 511 g/mol. The van der Waals surface area contributed by atoms with Gasteiger partial charge in [-0.25, -0.2) is 23.2 Å². The highest BCUT2D eigenvalue weighted by molar-refractivity contribution is 7.92. The molecule has 0 saturated heterocycles. The Morgan fingerprint density at radius 1 is 1.15 bits per heavy atom. The molecule has 0 saturated carbocycles. The second-order valence-corrected chi connectivity index (χ2v) is 10.4. The zero-order valence-electron chi connectivity index (χ0n) is 17.6. The SMILES string of the molecule is Cc1sc(C(=O)Nc2cc(Cl)cc(NS(C)(=O)=O)c2)cc1-c1ncc(OC(C)C(=O)O)cn1. The van der Waals surface area contributed by atoms with Gasteiger partial charge in [0.1, 0.15) is 0 Å². The lowest BCUT2D eigenvalue weighted by molar-refractivity contribution is -0.144. The predicted octanol–water partition coefficient (Wildman–Crippen LogP) is 3.64. The average Bonchev–Trinajstić information content (AvgIpc) is 3.08. The summed E-state index contributed by atoms with van der Waals surface area (Å²) >= 11 is 7.26. The second-order valence-electron chi connectivity index (χ2n) is 6.98. The molecular formula is C20H19ClN4O6S2. The smallest absolute Gasteiger partial charge is 0.344 e. The van der Waals surface area contributed by atoms with Gasteiger partial charge in [0, 0.05) is 21.2 Å². The quantitative estimate of drug-likeness (QED) is 0.416. The number of carbonyl (C=O) groups excluding carboxylic acids is 1. The van der Waals surface area contributed by atoms with E-state index in [4.69, 9.17) is 21.4 Å². The Labute approximate surface area is 198 Å². The van der Waals surface area contributed by atoms with E-state index in [0.29, 0.717) is 22.0 Å². The third-order valence-corrected chi connectivity index (χ3v) is 6.00. The molecule has 2 aromatic heterocycles. The molecule has 174 valence electrons. The minimum atomic E-state index is -3.51. The van der Waals surface area contributed by atoms with E-state index in [0.717, 1.165) is 11.1 Å². The zero-order chi connectivity index (χ0) is 24.3. The van der Waals surface area contributed by atoms with Crippen molar-refractivity contribution in [2.75, 3.05) is 16.3 Å². The van der Waals surface area contributed by atoms with Gasteiger partial charge in [0.2, 0.25) is 10.0 Å². The number of hydrogen-bond acceptors (Lipinski definition) is 8. The van der Waals surface area contributed by atoms with Crippen LogP contribution in [0.1, 0.15) is 21.5 Å². The Morgan fingerprint density at radius 2 is 1.79 bits per heavy atom. The first-order chi connectivity index (χ1) is 15.4. The van der Waals surface area contributed by atoms with E-state index in [1.165, 1.54) is 48.9 Å². The summed E-state index contributed by atoms with van der Waals surface area (Å²) in [4.78, 5) is 33.2. The van der Waals surface area contributed by atoms with Gasteiger partial charge in [-0.3, -0.25) is 9.52 Å². The molecule has 33 heavy (non-hydrogen) atoms. The first-order valence-electron chi connectivity index (χ1n) is 9.33. The third kappa shape index (κ3) is 6.63. The molecule has 0 spiro atoms. The highest BCUT2D eigenvalue weighted by Crippen LogP contribution is 2.30. The monoisotopic (exact) mass is 510 g/mol. The molecule has 1 atom stereocenters. The van der Waals surface area contributed by atoms with Gasteiger partial charge < -0.3 is 15.2 Å². The first kappa shape index (κ1) is 24.4. The Hall–Kier alpha value is -3.22. The fourth-order valence-electron chi connectivity index (χ4n) is 2.71. The molecule has 0 aliphatic rings. The van der Waals surface area contributed by atoms with Crippen LogP contribution in [0.4, 0.5) is 11.4 Å². The zero-order valence-corrected chi connectivity index (χ0v) is 20.0. The number of benzene rings is 1. The Morgan fingerprint density at radius 3 is 2.39 bits per heavy atom. The molecule has 0 bridgehead atoms. The summed E-state index contributed by atoms with van der Waals surface area (Å²) in [5.41, 5.74) is 1.17. The normalized spacial score (nSPS) is 12.1. The van der Waals surface area contributed by atoms with Crippen molar-refractivity contribution in [1.82, 2.24) is 9.97 Å². The lowest BCUT2D eigenvalue weighted by atomic mass is 10.2. The first-order valence-corrected chi connectivity index (χ1v) is 12.4. The molecule has 1 unspecified atom stereocenters. The Kier molecular flexibility index (Phi) is 7.20. The van der Waals surface area contributed by atoms with Crippen molar-refractivity contribution in [3.8, 4) is 17.1 Å². The number of carboxylic acid groups (broad SMARTS) is 1. The molecule has 3 N–H and O–H groups in total. The number of amides is 1. The lowest BCUT2D eigenvalue weighted by Crippen LogP contribution is -2.23. The summed E-state index contributed by atoms with van der Waals surface area (Å²) in [6, 6.07) is 6.00. The van der Waals surface area contributed by atoms with Crippen molar-refractivity contribution in [3.05, 3.63) is 51.4 Å². The van der Waals surface area contributed by atoms with Crippen molar-refractivity contribution in [2.24, 2.45) is 0 Å². The number of aliphatic carboxylic acids is 1. The van der Waals surface area contributed by atoms with Crippen LogP contribution >= 0.6 is 22.9 Å². The minimum absolute atomic E-state index is 0.207. The van der Waals surface area contributed by atoms with Gasteiger partial charge >= 0.3 is 5.97 Å². The van der Waals surface area contributed by atoms with Gasteiger partial charge in [0.15, 0.2) is 17.7 Å². The molecule has 10 nitrogen and oxygen atoms in total. The number of nitrogens with one attached hydrogen (secondary N) is 2. The van der Waals surface area contributed by atoms with E-state index in [9.17, 15) is 18.0 Å². The van der Waals surface area contributed by atoms with E-state index in [-0.39, 0.29) is 16.5 Å². The van der Waals surface area contributed by atoms with Crippen LogP contribution in [0.25, 0.3) is 11.4 Å². The molecule has 2 heterocycles. The fourth-order valence-corrected chi connectivity index (χ4v) is 4.41. The van der Waals surface area contributed by atoms with Gasteiger partial charge in [-0.2, -0.15) is 0 Å². The molecule has 0 aliphatic heterocycles. The largest absolute Gasteiger partial charge is 0.479 e. The van der Waals surface area contributed by atoms with Crippen LogP contribution < -0.4 is 14.8 Å². The van der Waals surface area contributed by atoms with Gasteiger partial charge in [0.05, 0.1) is 29.2 Å². The number of carboxylic acids is 1. The topological polar surface area (TPSA) is 148 Å². The number of carbonyl (C=O) groups is 2. The van der Waals surface area contributed by atoms with Crippen molar-refractivity contribution in [3.63, 3.8) is 0 Å². The number of sulfonamides is 1. The van der Waals surface area contributed by atoms with E-state index >= 15 is 0 Å². The Bertz CT molecular complexity index is 1310. The van der Waals surface area contributed by atoms with Crippen molar-refractivity contribution in [2.45, 2.75) is 20.0 Å². The van der Waals surface area contributed by atoms with Crippen LogP contribution in [-0.2, 0) is 14.8 Å². The molecule has 1 amide bonds. The van der Waals surface area contributed by atoms with Crippen molar-refractivity contribution >= 4 is 56.2 Å². The second kappa shape index (κ2) is 9.73. The molecule has 3 rings (SSSR count). The molecule has 0 fully saturated rings. The highest BCUT2D eigenvalue weighted by Gasteiger charge is 2.17. The van der Waals surface area contributed by atoms with Crippen LogP contribution in [-0.4, -0.2) is 47.7 Å². The summed E-state index contributed by atoms with van der Waals surface area (Å²) in [6.07, 6.45) is 2.69. The van der Waals surface area contributed by atoms with Gasteiger partial charge in [-0.15, -0.1) is 11.3 Å². The molecule has 0 radical (unpaired) electrons. The van der Waals surface area contributed by atoms with Crippen LogP contribution in [0.2, 0.25) is 5.02 Å². The maximum Gasteiger partial charge on any atom is 0.344 e. The molecule has 1 aromatic carbocycles. The molecule has 3 aromatic rings. The van der Waals surface area contributed by atoms with Crippen molar-refractivity contribution < 1.29 is 27.9 Å². The minimum Gasteiger partial charge on any atom is -0.479 e. The fraction of sp³-hybridized carbons (Fsp3) is 0.200. The standard InChI is InChI=1S/C20H19ClN4O6S2/c1-10(20(27)28)31-15-8-22-18(23-9-15)16-7-17(32-11(16)2)19(26)24-13-4-12(21)5-14(6-13)25-33(3,29)30/h4-10,25H,1-3H3,(H,24,26)(H,27,28). The third-order valence-electron chi connectivity index (χ3n) is 4.13. The number of thiophene rings is 1. The summed E-state index contributed by atoms with van der Waals surface area (Å²) in [5.74, 6) is -0.973. The number of ether oxygens (including phenoxy) is 1. The van der Waals surface area contributed by atoms with Crippen LogP contribution in [0.5, 0.6) is 5.75 Å². The number of rotatable bonds is 8. The van der Waals surface area contributed by atoms with Crippen LogP contribution in [0, 0.1) is 6.92 Å². The van der Waals surface area contributed by atoms with Gasteiger partial charge in [-0.1, -0.05) is 11.6 Å². The van der Waals surface area contributed by atoms with E-state index in [1.807, 2.05) is 6.92 Å². The van der Waals surface area contributed by atoms with Gasteiger partial charge in [-0.05, 0) is 38.1 Å². The predicted molar refractivity (Wildman–Crippen MR) is 126 cm³/mol. The number of halogens is 1. The lowest BCUT2D eigenvalue weighted by Gasteiger charge is -2.09. The number of aryl methyl sites for hydroxylation is 1. The number of anilines is 2. The number of hydrogen-bond donors (Lipinski definition) is 3. The van der Waals surface area contributed by atoms with E-state index in [2.05, 4.69) is 20.0 Å². The van der Waals surface area contributed by atoms with E-state index < -0.39 is 28.0 Å². The summed E-state index contributed by atoms with van der Waals surface area (Å²) in [5, 5.41) is 11.9. The van der Waals surface area contributed by atoms with Crippen molar-refractivity contribution in [1.29, 1.82) is 0 Å².